The van der Waals surface area contributed by atoms with Crippen molar-refractivity contribution in [3.05, 3.63) is 63.2 Å². The topological polar surface area (TPSA) is 92.6 Å². The standard InChI is InChI=1S/C17H12ClF2N3O4/c18-12-6-10(19)1-4-14(12)21-17(25)9-5-16(24)22(8-9)11-2-3-13(20)15(7-11)23(26)27/h1-4,6-7,9H,5,8H2,(H,21,25). The predicted octanol–water partition coefficient (Wildman–Crippen LogP) is 3.52. The Morgan fingerprint density at radius 3 is 2.67 bits per heavy atom. The van der Waals surface area contributed by atoms with E-state index in [1.54, 1.807) is 0 Å². The van der Waals surface area contributed by atoms with Crippen LogP contribution in [0.15, 0.2) is 36.4 Å². The molecule has 1 N–H and O–H groups in total. The van der Waals surface area contributed by atoms with Crippen molar-refractivity contribution < 1.29 is 23.3 Å². The van der Waals surface area contributed by atoms with Crippen LogP contribution in [0.3, 0.4) is 0 Å². The first-order chi connectivity index (χ1) is 12.8. The number of benzene rings is 2. The Morgan fingerprint density at radius 1 is 1.26 bits per heavy atom. The lowest BCUT2D eigenvalue weighted by Crippen LogP contribution is -2.28. The molecule has 2 amide bonds. The number of nitrogens with one attached hydrogen (secondary N) is 1. The fourth-order valence-corrected chi connectivity index (χ4v) is 2.98. The van der Waals surface area contributed by atoms with E-state index in [4.69, 9.17) is 11.6 Å². The molecule has 0 aliphatic carbocycles. The lowest BCUT2D eigenvalue weighted by Gasteiger charge is -2.17. The zero-order valence-corrected chi connectivity index (χ0v) is 14.4. The Hall–Kier alpha value is -3.07. The third-order valence-electron chi connectivity index (χ3n) is 4.12. The van der Waals surface area contributed by atoms with Crippen molar-refractivity contribution in [3.63, 3.8) is 0 Å². The minimum atomic E-state index is -1.02. The SMILES string of the molecule is O=C(Nc1ccc(F)cc1Cl)C1CC(=O)N(c2ccc(F)c([N+](=O)[O-])c2)C1. The summed E-state index contributed by atoms with van der Waals surface area (Å²) >= 11 is 5.86. The minimum Gasteiger partial charge on any atom is -0.324 e. The molecule has 0 spiro atoms. The van der Waals surface area contributed by atoms with Crippen molar-refractivity contribution >= 4 is 40.5 Å². The number of nitro benzene ring substituents is 1. The molecular formula is C17H12ClF2N3O4. The van der Waals surface area contributed by atoms with Crippen molar-refractivity contribution in [3.8, 4) is 0 Å². The van der Waals surface area contributed by atoms with E-state index in [0.717, 1.165) is 24.3 Å². The van der Waals surface area contributed by atoms with Gasteiger partial charge in [0.15, 0.2) is 0 Å². The number of nitrogens with zero attached hydrogens (tertiary/aromatic N) is 2. The van der Waals surface area contributed by atoms with E-state index in [1.807, 2.05) is 0 Å². The summed E-state index contributed by atoms with van der Waals surface area (Å²) in [6.45, 7) is -0.0354. The van der Waals surface area contributed by atoms with Gasteiger partial charge in [0.2, 0.25) is 17.6 Å². The first-order valence-electron chi connectivity index (χ1n) is 7.76. The number of hydrogen-bond donors (Lipinski definition) is 1. The van der Waals surface area contributed by atoms with E-state index in [2.05, 4.69) is 5.32 Å². The minimum absolute atomic E-state index is 0.0127. The number of carbonyl (C=O) groups excluding carboxylic acids is 2. The molecule has 0 saturated carbocycles. The largest absolute Gasteiger partial charge is 0.324 e. The van der Waals surface area contributed by atoms with Crippen molar-refractivity contribution in [2.75, 3.05) is 16.8 Å². The highest BCUT2D eigenvalue weighted by Gasteiger charge is 2.36. The third kappa shape index (κ3) is 3.87. The highest BCUT2D eigenvalue weighted by molar-refractivity contribution is 6.33. The van der Waals surface area contributed by atoms with Crippen LogP contribution in [0.5, 0.6) is 0 Å². The maximum atomic E-state index is 13.5. The number of nitro groups is 1. The normalized spacial score (nSPS) is 16.5. The Labute approximate surface area is 156 Å². The lowest BCUT2D eigenvalue weighted by molar-refractivity contribution is -0.387. The molecule has 3 rings (SSSR count). The van der Waals surface area contributed by atoms with Crippen LogP contribution >= 0.6 is 11.6 Å². The molecule has 0 aromatic heterocycles. The Kier molecular flexibility index (Phi) is 5.04. The van der Waals surface area contributed by atoms with Crippen LogP contribution in [0.2, 0.25) is 5.02 Å². The number of amides is 2. The fourth-order valence-electron chi connectivity index (χ4n) is 2.77. The highest BCUT2D eigenvalue weighted by atomic mass is 35.5. The molecule has 2 aromatic carbocycles. The number of hydrogen-bond acceptors (Lipinski definition) is 4. The van der Waals surface area contributed by atoms with Crippen LogP contribution in [0.25, 0.3) is 0 Å². The van der Waals surface area contributed by atoms with Crippen molar-refractivity contribution in [2.24, 2.45) is 5.92 Å². The molecule has 0 bridgehead atoms. The van der Waals surface area contributed by atoms with Gasteiger partial charge in [-0.1, -0.05) is 11.6 Å². The van der Waals surface area contributed by atoms with Gasteiger partial charge in [-0.3, -0.25) is 19.7 Å². The van der Waals surface area contributed by atoms with Crippen molar-refractivity contribution in [1.82, 2.24) is 0 Å². The average Bonchev–Trinajstić information content (AvgIpc) is 2.99. The maximum absolute atomic E-state index is 13.5. The summed E-state index contributed by atoms with van der Waals surface area (Å²) in [6, 6.07) is 6.55. The van der Waals surface area contributed by atoms with Gasteiger partial charge in [0.25, 0.3) is 0 Å². The molecule has 1 aliphatic rings. The summed E-state index contributed by atoms with van der Waals surface area (Å²) in [5, 5.41) is 13.4. The molecule has 1 aliphatic heterocycles. The van der Waals surface area contributed by atoms with Gasteiger partial charge < -0.3 is 10.2 Å². The van der Waals surface area contributed by atoms with Gasteiger partial charge in [-0.15, -0.1) is 0 Å². The van der Waals surface area contributed by atoms with Gasteiger partial charge in [-0.2, -0.15) is 4.39 Å². The average molecular weight is 396 g/mol. The number of halogens is 3. The van der Waals surface area contributed by atoms with Gasteiger partial charge in [0, 0.05) is 19.0 Å². The first kappa shape index (κ1) is 18.7. The molecule has 0 radical (unpaired) electrons. The monoisotopic (exact) mass is 395 g/mol. The number of anilines is 2. The van der Waals surface area contributed by atoms with E-state index < -0.39 is 40.0 Å². The molecule has 1 atom stereocenters. The second kappa shape index (κ2) is 7.28. The molecule has 1 saturated heterocycles. The van der Waals surface area contributed by atoms with Crippen molar-refractivity contribution in [1.29, 1.82) is 0 Å². The van der Waals surface area contributed by atoms with Gasteiger partial charge in [-0.25, -0.2) is 4.39 Å². The predicted molar refractivity (Wildman–Crippen MR) is 93.6 cm³/mol. The van der Waals surface area contributed by atoms with E-state index in [1.165, 1.54) is 17.0 Å². The van der Waals surface area contributed by atoms with Gasteiger partial charge in [0.05, 0.1) is 27.2 Å². The van der Waals surface area contributed by atoms with Crippen molar-refractivity contribution in [2.45, 2.75) is 6.42 Å². The van der Waals surface area contributed by atoms with Gasteiger partial charge in [-0.05, 0) is 30.3 Å². The van der Waals surface area contributed by atoms with Crippen LogP contribution in [0.4, 0.5) is 25.8 Å². The quantitative estimate of drug-likeness (QED) is 0.633. The molecule has 2 aromatic rings. The third-order valence-corrected chi connectivity index (χ3v) is 4.44. The Balaban J connectivity index is 1.76. The van der Waals surface area contributed by atoms with Crippen LogP contribution < -0.4 is 10.2 Å². The molecule has 27 heavy (non-hydrogen) atoms. The molecular weight excluding hydrogens is 384 g/mol. The van der Waals surface area contributed by atoms with Gasteiger partial charge in [0.1, 0.15) is 5.82 Å². The lowest BCUT2D eigenvalue weighted by atomic mass is 10.1. The number of carbonyl (C=O) groups is 2. The molecule has 1 unspecified atom stereocenters. The maximum Gasteiger partial charge on any atom is 0.306 e. The zero-order valence-electron chi connectivity index (χ0n) is 13.6. The Bertz CT molecular complexity index is 954. The second-order valence-corrected chi connectivity index (χ2v) is 6.32. The van der Waals surface area contributed by atoms with Crippen LogP contribution in [-0.4, -0.2) is 23.3 Å². The molecule has 1 fully saturated rings. The Morgan fingerprint density at radius 2 is 2.00 bits per heavy atom. The summed E-state index contributed by atoms with van der Waals surface area (Å²) < 4.78 is 26.5. The molecule has 7 nitrogen and oxygen atoms in total. The van der Waals surface area contributed by atoms with E-state index in [-0.39, 0.29) is 29.4 Å². The smallest absolute Gasteiger partial charge is 0.306 e. The van der Waals surface area contributed by atoms with E-state index >= 15 is 0 Å². The zero-order chi connectivity index (χ0) is 19.7. The highest BCUT2D eigenvalue weighted by Crippen LogP contribution is 2.30. The summed E-state index contributed by atoms with van der Waals surface area (Å²) in [7, 11) is 0. The molecule has 140 valence electrons. The summed E-state index contributed by atoms with van der Waals surface area (Å²) in [5.74, 6) is -3.26. The number of rotatable bonds is 4. The second-order valence-electron chi connectivity index (χ2n) is 5.91. The summed E-state index contributed by atoms with van der Waals surface area (Å²) in [6.07, 6.45) is -0.129. The summed E-state index contributed by atoms with van der Waals surface area (Å²) in [5.41, 5.74) is -0.430. The van der Waals surface area contributed by atoms with E-state index in [0.29, 0.717) is 0 Å². The molecule has 10 heteroatoms. The van der Waals surface area contributed by atoms with Gasteiger partial charge >= 0.3 is 5.69 Å². The van der Waals surface area contributed by atoms with Crippen LogP contribution in [-0.2, 0) is 9.59 Å². The van der Waals surface area contributed by atoms with E-state index in [9.17, 15) is 28.5 Å². The van der Waals surface area contributed by atoms with Crippen LogP contribution in [0, 0.1) is 27.7 Å². The fraction of sp³-hybridized carbons (Fsp3) is 0.176. The van der Waals surface area contributed by atoms with Crippen LogP contribution in [0.1, 0.15) is 6.42 Å². The molecule has 1 heterocycles. The first-order valence-corrected chi connectivity index (χ1v) is 8.14. The summed E-state index contributed by atoms with van der Waals surface area (Å²) in [4.78, 5) is 35.8.